The zero-order valence-corrected chi connectivity index (χ0v) is 13.8. The molecule has 3 rings (SSSR count). The molecule has 6 nitrogen and oxygen atoms in total. The summed E-state index contributed by atoms with van der Waals surface area (Å²) < 4.78 is 0. The van der Waals surface area contributed by atoms with Crippen LogP contribution in [0.15, 0.2) is 30.5 Å². The van der Waals surface area contributed by atoms with Crippen molar-refractivity contribution in [2.24, 2.45) is 5.92 Å². The minimum atomic E-state index is 0.0192. The van der Waals surface area contributed by atoms with Crippen LogP contribution in [0.5, 0.6) is 0 Å². The molecule has 1 aliphatic heterocycles. The molecule has 1 aliphatic carbocycles. The Morgan fingerprint density at radius 3 is 2.88 bits per heavy atom. The monoisotopic (exact) mass is 325 g/mol. The highest BCUT2D eigenvalue weighted by molar-refractivity contribution is 5.74. The first-order valence-electron chi connectivity index (χ1n) is 8.56. The standard InChI is InChI=1S/C18H23N5O/c19-13-16-7-4-8-20-17(16)22-9-11-23(12-10-22)18(24)21-14-15-5-2-1-3-6-15/h1-2,4,7-8,15H,3,5-6,9-12,14H2,(H,21,24). The molecule has 0 aromatic carbocycles. The molecule has 0 saturated carbocycles. The fourth-order valence-electron chi connectivity index (χ4n) is 3.24. The third-order valence-corrected chi connectivity index (χ3v) is 4.69. The van der Waals surface area contributed by atoms with Gasteiger partial charge in [-0.15, -0.1) is 0 Å². The number of nitrogens with zero attached hydrogens (tertiary/aromatic N) is 4. The molecule has 2 amide bonds. The van der Waals surface area contributed by atoms with E-state index >= 15 is 0 Å². The maximum atomic E-state index is 12.3. The number of amides is 2. The van der Waals surface area contributed by atoms with Gasteiger partial charge in [0.2, 0.25) is 0 Å². The van der Waals surface area contributed by atoms with Gasteiger partial charge in [-0.1, -0.05) is 12.2 Å². The van der Waals surface area contributed by atoms with Gasteiger partial charge < -0.3 is 15.1 Å². The summed E-state index contributed by atoms with van der Waals surface area (Å²) in [5.74, 6) is 1.28. The quantitative estimate of drug-likeness (QED) is 0.864. The van der Waals surface area contributed by atoms with E-state index in [-0.39, 0.29) is 6.03 Å². The molecule has 1 saturated heterocycles. The fraction of sp³-hybridized carbons (Fsp3) is 0.500. The number of nitrogens with one attached hydrogen (secondary N) is 1. The van der Waals surface area contributed by atoms with Gasteiger partial charge in [-0.25, -0.2) is 9.78 Å². The minimum Gasteiger partial charge on any atom is -0.352 e. The first kappa shape index (κ1) is 16.3. The Bertz CT molecular complexity index is 643. The molecule has 6 heteroatoms. The van der Waals surface area contributed by atoms with E-state index in [0.717, 1.165) is 25.8 Å². The topological polar surface area (TPSA) is 72.3 Å². The number of urea groups is 1. The predicted octanol–water partition coefficient (Wildman–Crippen LogP) is 2.14. The highest BCUT2D eigenvalue weighted by atomic mass is 16.2. The van der Waals surface area contributed by atoms with Crippen LogP contribution in [0.1, 0.15) is 24.8 Å². The van der Waals surface area contributed by atoms with E-state index in [9.17, 15) is 10.1 Å². The van der Waals surface area contributed by atoms with Crippen molar-refractivity contribution in [2.75, 3.05) is 37.6 Å². The lowest BCUT2D eigenvalue weighted by Crippen LogP contribution is -2.52. The molecular weight excluding hydrogens is 302 g/mol. The lowest BCUT2D eigenvalue weighted by Gasteiger charge is -2.36. The Kier molecular flexibility index (Phi) is 5.32. The summed E-state index contributed by atoms with van der Waals surface area (Å²) in [7, 11) is 0. The molecule has 1 aromatic heterocycles. The number of rotatable bonds is 3. The molecule has 24 heavy (non-hydrogen) atoms. The second kappa shape index (κ2) is 7.82. The summed E-state index contributed by atoms with van der Waals surface area (Å²) in [5.41, 5.74) is 0.584. The highest BCUT2D eigenvalue weighted by Gasteiger charge is 2.23. The van der Waals surface area contributed by atoms with Gasteiger partial charge in [-0.05, 0) is 37.3 Å². The molecule has 1 aromatic rings. The molecule has 2 heterocycles. The van der Waals surface area contributed by atoms with Crippen LogP contribution in [-0.2, 0) is 0 Å². The number of pyridine rings is 1. The number of hydrogen-bond donors (Lipinski definition) is 1. The third-order valence-electron chi connectivity index (χ3n) is 4.69. The Morgan fingerprint density at radius 2 is 2.17 bits per heavy atom. The Labute approximate surface area is 142 Å². The van der Waals surface area contributed by atoms with Gasteiger partial charge in [-0.3, -0.25) is 0 Å². The summed E-state index contributed by atoms with van der Waals surface area (Å²) in [4.78, 5) is 20.6. The number of piperazine rings is 1. The van der Waals surface area contributed by atoms with Gasteiger partial charge in [0, 0.05) is 38.9 Å². The van der Waals surface area contributed by atoms with Crippen molar-refractivity contribution in [2.45, 2.75) is 19.3 Å². The van der Waals surface area contributed by atoms with Crippen LogP contribution < -0.4 is 10.2 Å². The largest absolute Gasteiger partial charge is 0.352 e. The summed E-state index contributed by atoms with van der Waals surface area (Å²) in [5, 5.41) is 12.3. The van der Waals surface area contributed by atoms with E-state index in [4.69, 9.17) is 0 Å². The fourth-order valence-corrected chi connectivity index (χ4v) is 3.24. The molecular formula is C18H23N5O. The molecule has 1 fully saturated rings. The van der Waals surface area contributed by atoms with Gasteiger partial charge in [0.1, 0.15) is 11.9 Å². The van der Waals surface area contributed by atoms with Crippen LogP contribution in [0.3, 0.4) is 0 Å². The maximum Gasteiger partial charge on any atom is 0.317 e. The van der Waals surface area contributed by atoms with Crippen LogP contribution >= 0.6 is 0 Å². The van der Waals surface area contributed by atoms with Crippen molar-refractivity contribution in [3.63, 3.8) is 0 Å². The average molecular weight is 325 g/mol. The second-order valence-corrected chi connectivity index (χ2v) is 6.30. The summed E-state index contributed by atoms with van der Waals surface area (Å²) in [6.45, 7) is 3.45. The molecule has 126 valence electrons. The number of carbonyl (C=O) groups excluding carboxylic acids is 1. The van der Waals surface area contributed by atoms with E-state index in [1.165, 1.54) is 0 Å². The van der Waals surface area contributed by atoms with Gasteiger partial charge in [-0.2, -0.15) is 5.26 Å². The zero-order valence-electron chi connectivity index (χ0n) is 13.8. The second-order valence-electron chi connectivity index (χ2n) is 6.30. The van der Waals surface area contributed by atoms with Crippen LogP contribution in [0.4, 0.5) is 10.6 Å². The van der Waals surface area contributed by atoms with Gasteiger partial charge in [0.15, 0.2) is 0 Å². The van der Waals surface area contributed by atoms with E-state index < -0.39 is 0 Å². The lowest BCUT2D eigenvalue weighted by molar-refractivity contribution is 0.192. The highest BCUT2D eigenvalue weighted by Crippen LogP contribution is 2.19. The molecule has 2 aliphatic rings. The number of nitriles is 1. The minimum absolute atomic E-state index is 0.0192. The van der Waals surface area contributed by atoms with Crippen molar-refractivity contribution in [3.8, 4) is 6.07 Å². The summed E-state index contributed by atoms with van der Waals surface area (Å²) in [6.07, 6.45) is 9.45. The summed E-state index contributed by atoms with van der Waals surface area (Å²) >= 11 is 0. The predicted molar refractivity (Wildman–Crippen MR) is 92.6 cm³/mol. The van der Waals surface area contributed by atoms with Crippen molar-refractivity contribution < 1.29 is 4.79 Å². The number of hydrogen-bond acceptors (Lipinski definition) is 4. The van der Waals surface area contributed by atoms with Gasteiger partial charge >= 0.3 is 6.03 Å². The number of anilines is 1. The average Bonchev–Trinajstić information content (AvgIpc) is 2.67. The molecule has 0 spiro atoms. The van der Waals surface area contributed by atoms with Crippen LogP contribution in [-0.4, -0.2) is 48.6 Å². The molecule has 0 bridgehead atoms. The van der Waals surface area contributed by atoms with Crippen LogP contribution in [0.25, 0.3) is 0 Å². The molecule has 1 N–H and O–H groups in total. The Balaban J connectivity index is 1.48. The Hall–Kier alpha value is -2.55. The SMILES string of the molecule is N#Cc1cccnc1N1CCN(C(=O)NCC2CC=CCC2)CC1. The van der Waals surface area contributed by atoms with E-state index in [1.807, 2.05) is 4.90 Å². The first-order chi connectivity index (χ1) is 11.8. The van der Waals surface area contributed by atoms with Crippen molar-refractivity contribution in [1.29, 1.82) is 5.26 Å². The summed E-state index contributed by atoms with van der Waals surface area (Å²) in [6, 6.07) is 5.75. The number of aromatic nitrogens is 1. The van der Waals surface area contributed by atoms with Crippen molar-refractivity contribution >= 4 is 11.8 Å². The molecule has 0 radical (unpaired) electrons. The van der Waals surface area contributed by atoms with E-state index in [1.54, 1.807) is 18.3 Å². The van der Waals surface area contributed by atoms with Gasteiger partial charge in [0.05, 0.1) is 5.56 Å². The van der Waals surface area contributed by atoms with Gasteiger partial charge in [0.25, 0.3) is 0 Å². The smallest absolute Gasteiger partial charge is 0.317 e. The normalized spacial score (nSPS) is 20.5. The van der Waals surface area contributed by atoms with Crippen molar-refractivity contribution in [3.05, 3.63) is 36.0 Å². The maximum absolute atomic E-state index is 12.3. The molecule has 1 atom stereocenters. The zero-order chi connectivity index (χ0) is 16.8. The van der Waals surface area contributed by atoms with E-state index in [0.29, 0.717) is 43.5 Å². The van der Waals surface area contributed by atoms with Crippen LogP contribution in [0, 0.1) is 17.2 Å². The third kappa shape index (κ3) is 3.85. The lowest BCUT2D eigenvalue weighted by atomic mass is 9.94. The first-order valence-corrected chi connectivity index (χ1v) is 8.56. The number of allylic oxidation sites excluding steroid dienone is 2. The molecule has 1 unspecified atom stereocenters. The van der Waals surface area contributed by atoms with Crippen molar-refractivity contribution in [1.82, 2.24) is 15.2 Å². The van der Waals surface area contributed by atoms with Crippen LogP contribution in [0.2, 0.25) is 0 Å². The van der Waals surface area contributed by atoms with E-state index in [2.05, 4.69) is 33.4 Å². The Morgan fingerprint density at radius 1 is 1.33 bits per heavy atom. The number of carbonyl (C=O) groups is 1.